The molecule has 0 aliphatic rings. The van der Waals surface area contributed by atoms with Crippen molar-refractivity contribution in [2.24, 2.45) is 5.73 Å². The summed E-state index contributed by atoms with van der Waals surface area (Å²) in [7, 11) is -3.59. The van der Waals surface area contributed by atoms with Gasteiger partial charge < -0.3 is 5.73 Å². The van der Waals surface area contributed by atoms with Crippen molar-refractivity contribution in [1.82, 2.24) is 0 Å². The second-order valence-corrected chi connectivity index (χ2v) is 7.69. The standard InChI is InChI=1S/C12H13BrN2O2S2/c1-8(14)9-4-2-3-5-11(9)15-19(16,17)12-10(13)6-7-18-12/h2-8,15H,14H2,1H3. The van der Waals surface area contributed by atoms with Gasteiger partial charge in [0.1, 0.15) is 0 Å². The van der Waals surface area contributed by atoms with Gasteiger partial charge in [0.15, 0.2) is 4.21 Å². The molecule has 0 radical (unpaired) electrons. The molecule has 0 saturated carbocycles. The Labute approximate surface area is 124 Å². The van der Waals surface area contributed by atoms with Crippen LogP contribution in [0.25, 0.3) is 0 Å². The van der Waals surface area contributed by atoms with Crippen LogP contribution >= 0.6 is 27.3 Å². The molecule has 1 atom stereocenters. The van der Waals surface area contributed by atoms with Gasteiger partial charge in [0, 0.05) is 10.5 Å². The zero-order chi connectivity index (χ0) is 14.0. The lowest BCUT2D eigenvalue weighted by atomic mass is 10.1. The molecule has 4 nitrogen and oxygen atoms in total. The predicted octanol–water partition coefficient (Wildman–Crippen LogP) is 3.33. The summed E-state index contributed by atoms with van der Waals surface area (Å²) in [5, 5.41) is 1.72. The molecule has 0 bridgehead atoms. The molecule has 2 rings (SSSR count). The van der Waals surface area contributed by atoms with E-state index in [-0.39, 0.29) is 10.3 Å². The highest BCUT2D eigenvalue weighted by molar-refractivity contribution is 9.10. The van der Waals surface area contributed by atoms with Gasteiger partial charge in [-0.25, -0.2) is 8.42 Å². The Bertz CT molecular complexity index is 681. The first-order valence-corrected chi connectivity index (χ1v) is 8.67. The van der Waals surface area contributed by atoms with Gasteiger partial charge in [-0.2, -0.15) is 0 Å². The zero-order valence-electron chi connectivity index (χ0n) is 10.1. The molecule has 0 spiro atoms. The number of anilines is 1. The van der Waals surface area contributed by atoms with Gasteiger partial charge in [-0.15, -0.1) is 11.3 Å². The fourth-order valence-corrected chi connectivity index (χ4v) is 5.08. The number of para-hydroxylation sites is 1. The molecule has 102 valence electrons. The van der Waals surface area contributed by atoms with Crippen LogP contribution in [0.15, 0.2) is 44.4 Å². The highest BCUT2D eigenvalue weighted by atomic mass is 79.9. The van der Waals surface area contributed by atoms with E-state index in [1.54, 1.807) is 23.6 Å². The van der Waals surface area contributed by atoms with Gasteiger partial charge in [0.05, 0.1) is 5.69 Å². The van der Waals surface area contributed by atoms with E-state index >= 15 is 0 Å². The van der Waals surface area contributed by atoms with Crippen LogP contribution in [0.5, 0.6) is 0 Å². The first-order chi connectivity index (χ1) is 8.92. The zero-order valence-corrected chi connectivity index (χ0v) is 13.3. The Morgan fingerprint density at radius 2 is 2.00 bits per heavy atom. The van der Waals surface area contributed by atoms with Gasteiger partial charge in [-0.3, -0.25) is 4.72 Å². The highest BCUT2D eigenvalue weighted by Gasteiger charge is 2.20. The second kappa shape index (κ2) is 5.62. The molecule has 7 heteroatoms. The van der Waals surface area contributed by atoms with Crippen molar-refractivity contribution in [1.29, 1.82) is 0 Å². The maximum absolute atomic E-state index is 12.3. The maximum Gasteiger partial charge on any atom is 0.272 e. The van der Waals surface area contributed by atoms with Crippen LogP contribution < -0.4 is 10.5 Å². The Morgan fingerprint density at radius 1 is 1.32 bits per heavy atom. The molecule has 1 heterocycles. The summed E-state index contributed by atoms with van der Waals surface area (Å²) in [5.41, 5.74) is 7.12. The molecule has 1 unspecified atom stereocenters. The second-order valence-electron chi connectivity index (χ2n) is 4.04. The van der Waals surface area contributed by atoms with Crippen LogP contribution in [0.2, 0.25) is 0 Å². The molecule has 0 aliphatic carbocycles. The number of rotatable bonds is 4. The molecule has 0 amide bonds. The van der Waals surface area contributed by atoms with Crippen molar-refractivity contribution in [3.63, 3.8) is 0 Å². The van der Waals surface area contributed by atoms with Crippen LogP contribution in [-0.2, 0) is 10.0 Å². The Balaban J connectivity index is 2.39. The first kappa shape index (κ1) is 14.5. The number of nitrogens with two attached hydrogens (primary N) is 1. The SMILES string of the molecule is CC(N)c1ccccc1NS(=O)(=O)c1sccc1Br. The Morgan fingerprint density at radius 3 is 2.58 bits per heavy atom. The molecular weight excluding hydrogens is 348 g/mol. The van der Waals surface area contributed by atoms with Crippen molar-refractivity contribution < 1.29 is 8.42 Å². The fraction of sp³-hybridized carbons (Fsp3) is 0.167. The molecule has 19 heavy (non-hydrogen) atoms. The third kappa shape index (κ3) is 3.17. The van der Waals surface area contributed by atoms with E-state index in [1.165, 1.54) is 0 Å². The van der Waals surface area contributed by atoms with Crippen molar-refractivity contribution in [3.8, 4) is 0 Å². The van der Waals surface area contributed by atoms with Crippen LogP contribution in [0.1, 0.15) is 18.5 Å². The average molecular weight is 361 g/mol. The van der Waals surface area contributed by atoms with Crippen molar-refractivity contribution in [3.05, 3.63) is 45.7 Å². The monoisotopic (exact) mass is 360 g/mol. The average Bonchev–Trinajstić information content (AvgIpc) is 2.76. The molecular formula is C12H13BrN2O2S2. The number of hydrogen-bond acceptors (Lipinski definition) is 4. The van der Waals surface area contributed by atoms with E-state index in [1.807, 2.05) is 19.1 Å². The summed E-state index contributed by atoms with van der Waals surface area (Å²) in [6, 6.07) is 8.58. The summed E-state index contributed by atoms with van der Waals surface area (Å²) in [6.45, 7) is 1.81. The van der Waals surface area contributed by atoms with Gasteiger partial charge >= 0.3 is 0 Å². The van der Waals surface area contributed by atoms with Gasteiger partial charge in [0.25, 0.3) is 10.0 Å². The summed E-state index contributed by atoms with van der Waals surface area (Å²) in [5.74, 6) is 0. The fourth-order valence-electron chi connectivity index (χ4n) is 1.65. The summed E-state index contributed by atoms with van der Waals surface area (Å²) in [4.78, 5) is 0. The highest BCUT2D eigenvalue weighted by Crippen LogP contribution is 2.30. The lowest BCUT2D eigenvalue weighted by Gasteiger charge is -2.14. The molecule has 3 N–H and O–H groups in total. The number of halogens is 1. The summed E-state index contributed by atoms with van der Waals surface area (Å²) in [6.07, 6.45) is 0. The number of hydrogen-bond donors (Lipinski definition) is 2. The van der Waals surface area contributed by atoms with Gasteiger partial charge in [-0.1, -0.05) is 18.2 Å². The van der Waals surface area contributed by atoms with E-state index in [0.717, 1.165) is 16.9 Å². The van der Waals surface area contributed by atoms with Crippen molar-refractivity contribution in [2.45, 2.75) is 17.2 Å². The molecule has 0 aliphatic heterocycles. The van der Waals surface area contributed by atoms with Gasteiger partial charge in [-0.05, 0) is 45.9 Å². The number of sulfonamides is 1. The summed E-state index contributed by atoms with van der Waals surface area (Å²) < 4.78 is 28.0. The van der Waals surface area contributed by atoms with E-state index in [0.29, 0.717) is 10.2 Å². The van der Waals surface area contributed by atoms with Crippen molar-refractivity contribution >= 4 is 43.0 Å². The third-order valence-electron chi connectivity index (χ3n) is 2.52. The van der Waals surface area contributed by atoms with E-state index in [9.17, 15) is 8.42 Å². The van der Waals surface area contributed by atoms with Crippen LogP contribution in [-0.4, -0.2) is 8.42 Å². The molecule has 1 aromatic heterocycles. The smallest absolute Gasteiger partial charge is 0.272 e. The number of benzene rings is 1. The molecule has 0 fully saturated rings. The molecule has 0 saturated heterocycles. The van der Waals surface area contributed by atoms with E-state index in [2.05, 4.69) is 20.7 Å². The lowest BCUT2D eigenvalue weighted by Crippen LogP contribution is -2.15. The third-order valence-corrected chi connectivity index (χ3v) is 6.56. The minimum absolute atomic E-state index is 0.245. The van der Waals surface area contributed by atoms with Gasteiger partial charge in [0.2, 0.25) is 0 Å². The largest absolute Gasteiger partial charge is 0.324 e. The molecule has 1 aromatic carbocycles. The Kier molecular flexibility index (Phi) is 4.29. The topological polar surface area (TPSA) is 72.2 Å². The minimum Gasteiger partial charge on any atom is -0.324 e. The normalized spacial score (nSPS) is 13.2. The van der Waals surface area contributed by atoms with Crippen molar-refractivity contribution in [2.75, 3.05) is 4.72 Å². The quantitative estimate of drug-likeness (QED) is 0.877. The Hall–Kier alpha value is -0.890. The summed E-state index contributed by atoms with van der Waals surface area (Å²) >= 11 is 4.39. The number of nitrogens with one attached hydrogen (secondary N) is 1. The lowest BCUT2D eigenvalue weighted by molar-refractivity contribution is 0.602. The first-order valence-electron chi connectivity index (χ1n) is 5.52. The van der Waals surface area contributed by atoms with E-state index < -0.39 is 10.0 Å². The van der Waals surface area contributed by atoms with Crippen LogP contribution in [0.3, 0.4) is 0 Å². The van der Waals surface area contributed by atoms with E-state index in [4.69, 9.17) is 5.73 Å². The maximum atomic E-state index is 12.3. The minimum atomic E-state index is -3.59. The number of thiophene rings is 1. The molecule has 2 aromatic rings. The predicted molar refractivity (Wildman–Crippen MR) is 81.9 cm³/mol. The van der Waals surface area contributed by atoms with Crippen LogP contribution in [0, 0.1) is 0 Å². The van der Waals surface area contributed by atoms with Crippen LogP contribution in [0.4, 0.5) is 5.69 Å².